The fourth-order valence-corrected chi connectivity index (χ4v) is 2.85. The highest BCUT2D eigenvalue weighted by molar-refractivity contribution is 6.11. The van der Waals surface area contributed by atoms with E-state index < -0.39 is 0 Å². The van der Waals surface area contributed by atoms with Crippen LogP contribution in [0.5, 0.6) is 0 Å². The van der Waals surface area contributed by atoms with E-state index in [0.29, 0.717) is 5.56 Å². The second-order valence-electron chi connectivity index (χ2n) is 5.80. The minimum Gasteiger partial charge on any atom is -0.456 e. The molecule has 1 heterocycles. The highest BCUT2D eigenvalue weighted by atomic mass is 16.3. The second-order valence-corrected chi connectivity index (χ2v) is 5.80. The largest absolute Gasteiger partial charge is 0.456 e. The number of hydrogen-bond acceptors (Lipinski definition) is 2. The van der Waals surface area contributed by atoms with Gasteiger partial charge in [-0.25, -0.2) is 0 Å². The van der Waals surface area contributed by atoms with Gasteiger partial charge in [-0.05, 0) is 35.9 Å². The minimum atomic E-state index is -0.0232. The number of carbonyl (C=O) groups is 1. The summed E-state index contributed by atoms with van der Waals surface area (Å²) in [5.41, 5.74) is 3.39. The van der Waals surface area contributed by atoms with Crippen LogP contribution in [0.1, 0.15) is 15.9 Å². The van der Waals surface area contributed by atoms with E-state index in [-0.39, 0.29) is 5.78 Å². The maximum absolute atomic E-state index is 12.4. The van der Waals surface area contributed by atoms with E-state index in [1.54, 1.807) is 18.2 Å². The second kappa shape index (κ2) is 6.62. The quantitative estimate of drug-likeness (QED) is 0.260. The summed E-state index contributed by atoms with van der Waals surface area (Å²) in [5.74, 6) is -0.0232. The molecule has 0 amide bonds. The third-order valence-electron chi connectivity index (χ3n) is 4.11. The lowest BCUT2D eigenvalue weighted by Crippen LogP contribution is -1.93. The lowest BCUT2D eigenvalue weighted by Gasteiger charge is -1.96. The molecule has 0 aliphatic carbocycles. The van der Waals surface area contributed by atoms with E-state index >= 15 is 0 Å². The molecule has 1 aromatic heterocycles. The van der Waals surface area contributed by atoms with Gasteiger partial charge in [-0.15, -0.1) is 0 Å². The Morgan fingerprint density at radius 2 is 1.52 bits per heavy atom. The van der Waals surface area contributed by atoms with Crippen molar-refractivity contribution in [3.8, 4) is 0 Å². The Morgan fingerprint density at radius 3 is 2.40 bits per heavy atom. The zero-order chi connectivity index (χ0) is 17.1. The van der Waals surface area contributed by atoms with E-state index in [1.807, 2.05) is 78.9 Å². The highest BCUT2D eigenvalue weighted by Gasteiger charge is 2.09. The van der Waals surface area contributed by atoms with Gasteiger partial charge < -0.3 is 4.42 Å². The Morgan fingerprint density at radius 1 is 0.760 bits per heavy atom. The normalized spacial score (nSPS) is 11.8. The number of rotatable bonds is 4. The molecule has 0 saturated carbocycles. The van der Waals surface area contributed by atoms with Gasteiger partial charge in [-0.2, -0.15) is 0 Å². The van der Waals surface area contributed by atoms with E-state index in [2.05, 4.69) is 0 Å². The van der Waals surface area contributed by atoms with Crippen LogP contribution in [-0.4, -0.2) is 5.78 Å². The molecule has 0 saturated heterocycles. The van der Waals surface area contributed by atoms with Gasteiger partial charge in [0.2, 0.25) is 0 Å². The maximum Gasteiger partial charge on any atom is 0.185 e. The molecule has 4 aromatic rings. The van der Waals surface area contributed by atoms with Crippen molar-refractivity contribution in [2.75, 3.05) is 0 Å². The molecule has 0 unspecified atom stereocenters. The fourth-order valence-electron chi connectivity index (χ4n) is 2.85. The van der Waals surface area contributed by atoms with Gasteiger partial charge in [-0.1, -0.05) is 66.8 Å². The molecule has 2 nitrogen and oxygen atoms in total. The van der Waals surface area contributed by atoms with Crippen LogP contribution in [0.25, 0.3) is 28.0 Å². The van der Waals surface area contributed by atoms with E-state index in [4.69, 9.17) is 4.42 Å². The van der Waals surface area contributed by atoms with E-state index in [1.165, 1.54) is 0 Å². The zero-order valence-electron chi connectivity index (χ0n) is 13.6. The summed E-state index contributed by atoms with van der Waals surface area (Å²) >= 11 is 0. The van der Waals surface area contributed by atoms with Crippen molar-refractivity contribution in [3.63, 3.8) is 0 Å². The Hall–Kier alpha value is -3.39. The van der Waals surface area contributed by atoms with Crippen LogP contribution < -0.4 is 0 Å². The molecule has 25 heavy (non-hydrogen) atoms. The number of allylic oxidation sites excluding steroid dienone is 3. The molecule has 0 aliphatic rings. The molecule has 3 aromatic carbocycles. The summed E-state index contributed by atoms with van der Waals surface area (Å²) < 4.78 is 5.79. The number of benzene rings is 3. The lowest BCUT2D eigenvalue weighted by molar-refractivity contribution is 0.104. The smallest absolute Gasteiger partial charge is 0.185 e. The summed E-state index contributed by atoms with van der Waals surface area (Å²) in [6.45, 7) is 0. The molecular weight excluding hydrogens is 308 g/mol. The van der Waals surface area contributed by atoms with Crippen LogP contribution in [0.15, 0.2) is 95.4 Å². The Labute approximate surface area is 145 Å². The van der Waals surface area contributed by atoms with Crippen LogP contribution in [0, 0.1) is 0 Å². The molecule has 0 fully saturated rings. The number of carbonyl (C=O) groups excluding carboxylic acids is 1. The lowest BCUT2D eigenvalue weighted by atomic mass is 10.1. The Bertz CT molecular complexity index is 1100. The van der Waals surface area contributed by atoms with Crippen molar-refractivity contribution >= 4 is 33.8 Å². The van der Waals surface area contributed by atoms with Crippen LogP contribution >= 0.6 is 0 Å². The summed E-state index contributed by atoms with van der Waals surface area (Å²) in [6, 6.07) is 23.4. The number of ketones is 1. The number of para-hydroxylation sites is 1. The van der Waals surface area contributed by atoms with Gasteiger partial charge in [0.05, 0.1) is 0 Å². The van der Waals surface area contributed by atoms with Crippen molar-refractivity contribution in [3.05, 3.63) is 102 Å². The Balaban J connectivity index is 1.58. The number of fused-ring (bicyclic) bond motifs is 3. The predicted octanol–water partition coefficient (Wildman–Crippen LogP) is 6.04. The molecule has 0 spiro atoms. The van der Waals surface area contributed by atoms with E-state index in [0.717, 1.165) is 27.5 Å². The standard InChI is InChI=1S/C23H16O2/c24-21(12-6-4-10-17-8-2-1-3-9-17)18-14-15-23-20(16-18)19-11-5-7-13-22(19)25-23/h1-16H/b10-4+,12-6+. The molecular formula is C23H16O2. The summed E-state index contributed by atoms with van der Waals surface area (Å²) in [5, 5.41) is 2.00. The Kier molecular flexibility index (Phi) is 4.01. The van der Waals surface area contributed by atoms with Gasteiger partial charge in [-0.3, -0.25) is 4.79 Å². The van der Waals surface area contributed by atoms with Crippen LogP contribution in [-0.2, 0) is 0 Å². The molecule has 0 bridgehead atoms. The first-order valence-electron chi connectivity index (χ1n) is 8.17. The molecule has 0 N–H and O–H groups in total. The zero-order valence-corrected chi connectivity index (χ0v) is 13.6. The van der Waals surface area contributed by atoms with Crippen LogP contribution in [0.2, 0.25) is 0 Å². The van der Waals surface area contributed by atoms with Crippen molar-refractivity contribution in [2.45, 2.75) is 0 Å². The SMILES string of the molecule is O=C(/C=C/C=C/c1ccccc1)c1ccc2oc3ccccc3c2c1. The summed E-state index contributed by atoms with van der Waals surface area (Å²) in [6.07, 6.45) is 7.20. The van der Waals surface area contributed by atoms with E-state index in [9.17, 15) is 4.79 Å². The summed E-state index contributed by atoms with van der Waals surface area (Å²) in [7, 11) is 0. The fraction of sp³-hybridized carbons (Fsp3) is 0. The predicted molar refractivity (Wildman–Crippen MR) is 103 cm³/mol. The molecule has 0 radical (unpaired) electrons. The van der Waals surface area contributed by atoms with Crippen molar-refractivity contribution in [1.82, 2.24) is 0 Å². The third-order valence-corrected chi connectivity index (χ3v) is 4.11. The highest BCUT2D eigenvalue weighted by Crippen LogP contribution is 2.29. The third kappa shape index (κ3) is 3.15. The summed E-state index contributed by atoms with van der Waals surface area (Å²) in [4.78, 5) is 12.4. The maximum atomic E-state index is 12.4. The van der Waals surface area contributed by atoms with Crippen molar-refractivity contribution in [2.24, 2.45) is 0 Å². The van der Waals surface area contributed by atoms with Gasteiger partial charge in [0, 0.05) is 16.3 Å². The molecule has 0 aliphatic heterocycles. The van der Waals surface area contributed by atoms with Gasteiger partial charge in [0.15, 0.2) is 5.78 Å². The van der Waals surface area contributed by atoms with Gasteiger partial charge >= 0.3 is 0 Å². The average molecular weight is 324 g/mol. The van der Waals surface area contributed by atoms with Gasteiger partial charge in [0.1, 0.15) is 11.2 Å². The topological polar surface area (TPSA) is 30.2 Å². The first-order chi connectivity index (χ1) is 12.3. The molecule has 2 heteroatoms. The van der Waals surface area contributed by atoms with Crippen molar-refractivity contribution in [1.29, 1.82) is 0 Å². The van der Waals surface area contributed by atoms with Crippen LogP contribution in [0.3, 0.4) is 0 Å². The number of furan rings is 1. The minimum absolute atomic E-state index is 0.0232. The average Bonchev–Trinajstić information content (AvgIpc) is 3.04. The first-order valence-corrected chi connectivity index (χ1v) is 8.17. The monoisotopic (exact) mass is 324 g/mol. The van der Waals surface area contributed by atoms with Crippen LogP contribution in [0.4, 0.5) is 0 Å². The number of hydrogen-bond donors (Lipinski definition) is 0. The first kappa shape index (κ1) is 15.2. The van der Waals surface area contributed by atoms with Crippen molar-refractivity contribution < 1.29 is 9.21 Å². The van der Waals surface area contributed by atoms with Gasteiger partial charge in [0.25, 0.3) is 0 Å². The molecule has 4 rings (SSSR count). The molecule has 120 valence electrons. The molecule has 0 atom stereocenters.